The van der Waals surface area contributed by atoms with Crippen molar-refractivity contribution in [1.29, 1.82) is 0 Å². The Bertz CT molecular complexity index is 796. The number of benzene rings is 1. The number of hydrogen-bond donors (Lipinski definition) is 1. The number of hydrogen-bond acceptors (Lipinski definition) is 5. The van der Waals surface area contributed by atoms with Gasteiger partial charge in [0.15, 0.2) is 8.32 Å². The Hall–Kier alpha value is -1.70. The zero-order valence-corrected chi connectivity index (χ0v) is 16.9. The molecular formula is C18H28N2O4Si. The van der Waals surface area contributed by atoms with Crippen molar-refractivity contribution < 1.29 is 14.3 Å². The van der Waals surface area contributed by atoms with Crippen molar-refractivity contribution >= 4 is 19.4 Å². The van der Waals surface area contributed by atoms with Crippen LogP contribution in [-0.2, 0) is 11.0 Å². The molecular weight excluding hydrogens is 336 g/mol. The highest BCUT2D eigenvalue weighted by Gasteiger charge is 2.37. The monoisotopic (exact) mass is 364 g/mol. The van der Waals surface area contributed by atoms with Gasteiger partial charge in [-0.25, -0.2) is 4.98 Å². The molecule has 1 aromatic heterocycles. The van der Waals surface area contributed by atoms with Crippen LogP contribution in [0, 0.1) is 0 Å². The number of nitrogens with zero attached hydrogens (tertiary/aromatic N) is 2. The summed E-state index contributed by atoms with van der Waals surface area (Å²) in [4.78, 5) is 16.4. The maximum atomic E-state index is 12.2. The number of rotatable bonds is 6. The Balaban J connectivity index is 2.22. The van der Waals surface area contributed by atoms with Crippen LogP contribution in [-0.4, -0.2) is 42.8 Å². The second kappa shape index (κ2) is 7.27. The Kier molecular flexibility index (Phi) is 5.71. The minimum absolute atomic E-state index is 0.0697. The fourth-order valence-electron chi connectivity index (χ4n) is 2.24. The maximum Gasteiger partial charge on any atom is 0.269 e. The molecule has 7 heteroatoms. The lowest BCUT2D eigenvalue weighted by Gasteiger charge is -2.36. The average molecular weight is 365 g/mol. The third kappa shape index (κ3) is 4.48. The molecule has 6 nitrogen and oxygen atoms in total. The van der Waals surface area contributed by atoms with Gasteiger partial charge < -0.3 is 18.8 Å². The summed E-state index contributed by atoms with van der Waals surface area (Å²) in [7, 11) is -0.375. The van der Waals surface area contributed by atoms with Crippen molar-refractivity contribution in [2.24, 2.45) is 0 Å². The molecule has 1 unspecified atom stereocenters. The van der Waals surface area contributed by atoms with Crippen LogP contribution in [0.25, 0.3) is 11.0 Å². The molecule has 1 heterocycles. The summed E-state index contributed by atoms with van der Waals surface area (Å²) in [5.74, 6) is 0.640. The van der Waals surface area contributed by atoms with E-state index in [2.05, 4.69) is 38.8 Å². The van der Waals surface area contributed by atoms with E-state index in [1.807, 2.05) is 0 Å². The highest BCUT2D eigenvalue weighted by molar-refractivity contribution is 6.74. The Labute approximate surface area is 149 Å². The van der Waals surface area contributed by atoms with Gasteiger partial charge in [0.05, 0.1) is 43.6 Å². The van der Waals surface area contributed by atoms with Crippen molar-refractivity contribution in [3.63, 3.8) is 0 Å². The predicted octanol–water partition coefficient (Wildman–Crippen LogP) is 2.79. The van der Waals surface area contributed by atoms with Gasteiger partial charge in [0.25, 0.3) is 5.56 Å². The normalized spacial score (nSPS) is 13.9. The number of aliphatic hydroxyl groups is 1. The fourth-order valence-corrected chi connectivity index (χ4v) is 3.28. The summed E-state index contributed by atoms with van der Waals surface area (Å²) < 4.78 is 12.8. The van der Waals surface area contributed by atoms with Gasteiger partial charge in [0, 0.05) is 6.07 Å². The Morgan fingerprint density at radius 1 is 1.32 bits per heavy atom. The molecule has 2 aromatic rings. The van der Waals surface area contributed by atoms with Crippen molar-refractivity contribution in [3.8, 4) is 5.75 Å². The van der Waals surface area contributed by atoms with E-state index in [4.69, 9.17) is 9.16 Å². The first-order valence-electron chi connectivity index (χ1n) is 8.41. The molecule has 0 spiro atoms. The largest absolute Gasteiger partial charge is 0.497 e. The second-order valence-electron chi connectivity index (χ2n) is 7.79. The molecule has 25 heavy (non-hydrogen) atoms. The molecule has 0 amide bonds. The van der Waals surface area contributed by atoms with Crippen molar-refractivity contribution in [1.82, 2.24) is 9.55 Å². The van der Waals surface area contributed by atoms with Crippen LogP contribution < -0.4 is 10.3 Å². The molecule has 1 N–H and O–H groups in total. The Morgan fingerprint density at radius 2 is 2.00 bits per heavy atom. The van der Waals surface area contributed by atoms with Crippen LogP contribution in [0.4, 0.5) is 0 Å². The lowest BCUT2D eigenvalue weighted by Crippen LogP contribution is -2.43. The molecule has 0 aliphatic heterocycles. The predicted molar refractivity (Wildman–Crippen MR) is 102 cm³/mol. The first-order chi connectivity index (χ1) is 11.5. The molecule has 1 atom stereocenters. The summed E-state index contributed by atoms with van der Waals surface area (Å²) in [6.45, 7) is 11.1. The molecule has 0 radical (unpaired) electrons. The first kappa shape index (κ1) is 19.6. The molecule has 1 aromatic carbocycles. The van der Waals surface area contributed by atoms with Crippen LogP contribution in [0.1, 0.15) is 20.8 Å². The molecule has 138 valence electrons. The number of methoxy groups -OCH3 is 1. The molecule has 0 saturated carbocycles. The van der Waals surface area contributed by atoms with Gasteiger partial charge in [-0.2, -0.15) is 0 Å². The number of fused-ring (bicyclic) bond motifs is 1. The topological polar surface area (TPSA) is 73.6 Å². The van der Waals surface area contributed by atoms with Crippen LogP contribution in [0.15, 0.2) is 29.2 Å². The summed E-state index contributed by atoms with van der Waals surface area (Å²) in [6, 6.07) is 5.34. The van der Waals surface area contributed by atoms with E-state index in [1.54, 1.807) is 25.3 Å². The maximum absolute atomic E-state index is 12.2. The minimum Gasteiger partial charge on any atom is -0.497 e. The van der Waals surface area contributed by atoms with Gasteiger partial charge >= 0.3 is 0 Å². The number of aliphatic hydroxyl groups excluding tert-OH is 1. The van der Waals surface area contributed by atoms with E-state index in [9.17, 15) is 9.90 Å². The fraction of sp³-hybridized carbons (Fsp3) is 0.556. The third-order valence-electron chi connectivity index (χ3n) is 4.89. The van der Waals surface area contributed by atoms with E-state index in [0.29, 0.717) is 16.8 Å². The molecule has 0 fully saturated rings. The van der Waals surface area contributed by atoms with Gasteiger partial charge in [0.2, 0.25) is 0 Å². The van der Waals surface area contributed by atoms with E-state index in [-0.39, 0.29) is 23.7 Å². The van der Waals surface area contributed by atoms with Crippen LogP contribution in [0.2, 0.25) is 18.1 Å². The highest BCUT2D eigenvalue weighted by Crippen LogP contribution is 2.36. The highest BCUT2D eigenvalue weighted by atomic mass is 28.4. The Morgan fingerprint density at radius 3 is 2.60 bits per heavy atom. The lowest BCUT2D eigenvalue weighted by atomic mass is 10.2. The third-order valence-corrected chi connectivity index (χ3v) is 9.39. The SMILES string of the molecule is COc1ccc2ncc(=O)n(CC(O)CO[Si](C)(C)C(C)(C)C)c2c1. The molecule has 2 rings (SSSR count). The van der Waals surface area contributed by atoms with E-state index < -0.39 is 14.4 Å². The van der Waals surface area contributed by atoms with Gasteiger partial charge in [-0.1, -0.05) is 20.8 Å². The second-order valence-corrected chi connectivity index (χ2v) is 12.6. The average Bonchev–Trinajstić information content (AvgIpc) is 2.54. The van der Waals surface area contributed by atoms with Crippen molar-refractivity contribution in [2.45, 2.75) is 51.6 Å². The molecule has 0 aliphatic carbocycles. The summed E-state index contributed by atoms with van der Waals surface area (Å²) in [5.41, 5.74) is 1.06. The van der Waals surface area contributed by atoms with Gasteiger partial charge in [0.1, 0.15) is 5.75 Å². The zero-order chi connectivity index (χ0) is 18.8. The zero-order valence-electron chi connectivity index (χ0n) is 15.9. The van der Waals surface area contributed by atoms with E-state index in [1.165, 1.54) is 10.8 Å². The van der Waals surface area contributed by atoms with Gasteiger partial charge in [-0.15, -0.1) is 0 Å². The lowest BCUT2D eigenvalue weighted by molar-refractivity contribution is 0.0859. The van der Waals surface area contributed by atoms with Crippen molar-refractivity contribution in [3.05, 3.63) is 34.7 Å². The molecule has 0 bridgehead atoms. The first-order valence-corrected chi connectivity index (χ1v) is 11.3. The van der Waals surface area contributed by atoms with Gasteiger partial charge in [-0.05, 0) is 30.3 Å². The van der Waals surface area contributed by atoms with Crippen LogP contribution >= 0.6 is 0 Å². The number of ether oxygens (including phenoxy) is 1. The number of aromatic nitrogens is 2. The molecule has 0 aliphatic rings. The van der Waals surface area contributed by atoms with E-state index in [0.717, 1.165) is 0 Å². The van der Waals surface area contributed by atoms with Crippen LogP contribution in [0.3, 0.4) is 0 Å². The van der Waals surface area contributed by atoms with Gasteiger partial charge in [-0.3, -0.25) is 4.79 Å². The smallest absolute Gasteiger partial charge is 0.269 e. The van der Waals surface area contributed by atoms with Crippen LogP contribution in [0.5, 0.6) is 5.75 Å². The minimum atomic E-state index is -1.95. The standard InChI is InChI=1S/C18H28N2O4Si/c1-18(2,3)25(5,6)24-12-13(21)11-20-16-9-14(23-4)7-8-15(16)19-10-17(20)22/h7-10,13,21H,11-12H2,1-6H3. The van der Waals surface area contributed by atoms with E-state index >= 15 is 0 Å². The summed E-state index contributed by atoms with van der Waals surface area (Å²) >= 11 is 0. The summed E-state index contributed by atoms with van der Waals surface area (Å²) in [6.07, 6.45) is 0.500. The van der Waals surface area contributed by atoms with Crippen molar-refractivity contribution in [2.75, 3.05) is 13.7 Å². The summed E-state index contributed by atoms with van der Waals surface area (Å²) in [5, 5.41) is 10.5. The quantitative estimate of drug-likeness (QED) is 0.798. The molecule has 0 saturated heterocycles.